The molecule has 1 atom stereocenters. The molecule has 0 fully saturated rings. The summed E-state index contributed by atoms with van der Waals surface area (Å²) >= 11 is 0. The minimum absolute atomic E-state index is 0.197. The number of likely N-dealkylation sites (N-methyl/N-ethyl adjacent to an activating group) is 1. The second kappa shape index (κ2) is 7.21. The van der Waals surface area contributed by atoms with Crippen molar-refractivity contribution in [3.63, 3.8) is 0 Å². The average molecular weight is 372 g/mol. The van der Waals surface area contributed by atoms with Crippen LogP contribution >= 0.6 is 0 Å². The molecule has 138 valence electrons. The molecule has 1 aliphatic heterocycles. The number of nitrogens with zero attached hydrogens (tertiary/aromatic N) is 1. The van der Waals surface area contributed by atoms with Gasteiger partial charge in [0.25, 0.3) is 0 Å². The fourth-order valence-corrected chi connectivity index (χ4v) is 4.87. The van der Waals surface area contributed by atoms with E-state index in [9.17, 15) is 13.2 Å². The maximum atomic E-state index is 13.3. The van der Waals surface area contributed by atoms with Crippen molar-refractivity contribution in [2.45, 2.75) is 43.7 Å². The molecule has 0 spiro atoms. The third-order valence-corrected chi connectivity index (χ3v) is 6.78. The number of carbonyl (C=O) groups is 1. The van der Waals surface area contributed by atoms with Crippen LogP contribution in [0.2, 0.25) is 0 Å². The summed E-state index contributed by atoms with van der Waals surface area (Å²) in [5, 5.41) is 2.60. The summed E-state index contributed by atoms with van der Waals surface area (Å²) in [5.74, 6) is 0.0362. The Kier molecular flexibility index (Phi) is 5.16. The molecule has 0 radical (unpaired) electrons. The Morgan fingerprint density at radius 1 is 1.08 bits per heavy atom. The van der Waals surface area contributed by atoms with Crippen LogP contribution in [0.3, 0.4) is 0 Å². The molecule has 5 nitrogen and oxygen atoms in total. The van der Waals surface area contributed by atoms with Gasteiger partial charge in [-0.25, -0.2) is 8.42 Å². The highest BCUT2D eigenvalue weighted by Gasteiger charge is 2.39. The highest BCUT2D eigenvalue weighted by molar-refractivity contribution is 7.89. The van der Waals surface area contributed by atoms with Crippen LogP contribution in [0.5, 0.6) is 0 Å². The van der Waals surface area contributed by atoms with Crippen LogP contribution in [0, 0.1) is 0 Å². The van der Waals surface area contributed by atoms with Gasteiger partial charge in [-0.15, -0.1) is 0 Å². The number of carbonyl (C=O) groups excluding carboxylic acids is 1. The maximum absolute atomic E-state index is 13.3. The summed E-state index contributed by atoms with van der Waals surface area (Å²) in [6.45, 7) is 4.32. The van der Waals surface area contributed by atoms with Crippen molar-refractivity contribution in [3.8, 4) is 0 Å². The van der Waals surface area contributed by atoms with Gasteiger partial charge in [0.05, 0.1) is 4.90 Å². The van der Waals surface area contributed by atoms with E-state index in [2.05, 4.69) is 19.2 Å². The van der Waals surface area contributed by atoms with Gasteiger partial charge in [-0.1, -0.05) is 50.2 Å². The summed E-state index contributed by atoms with van der Waals surface area (Å²) in [4.78, 5) is 12.6. The van der Waals surface area contributed by atoms with Crippen molar-refractivity contribution in [3.05, 3.63) is 65.2 Å². The zero-order chi connectivity index (χ0) is 18.9. The lowest BCUT2D eigenvalue weighted by atomic mass is 9.95. The quantitative estimate of drug-likeness (QED) is 0.897. The second-order valence-electron chi connectivity index (χ2n) is 6.88. The van der Waals surface area contributed by atoms with E-state index in [-0.39, 0.29) is 17.3 Å². The normalized spacial score (nSPS) is 17.8. The van der Waals surface area contributed by atoms with Gasteiger partial charge in [0.15, 0.2) is 0 Å². The molecular formula is C20H24N2O3S. The monoisotopic (exact) mass is 372 g/mol. The summed E-state index contributed by atoms with van der Waals surface area (Å²) in [5.41, 5.74) is 3.04. The second-order valence-corrected chi connectivity index (χ2v) is 8.77. The molecule has 2 aromatic carbocycles. The predicted octanol–water partition coefficient (Wildman–Crippen LogP) is 2.67. The van der Waals surface area contributed by atoms with Crippen molar-refractivity contribution in [1.82, 2.24) is 9.62 Å². The van der Waals surface area contributed by atoms with Gasteiger partial charge in [-0.2, -0.15) is 4.31 Å². The first-order valence-corrected chi connectivity index (χ1v) is 10.2. The molecule has 0 saturated heterocycles. The van der Waals surface area contributed by atoms with Crippen LogP contribution in [-0.4, -0.2) is 31.7 Å². The number of sulfonamides is 1. The van der Waals surface area contributed by atoms with E-state index < -0.39 is 16.1 Å². The standard InChI is InChI=1S/C20H24N2O3S/c1-14(2)15-8-10-18(11-9-15)26(24,25)22-13-17-7-5-4-6-16(17)12-19(22)20(23)21-3/h4-11,14,19H,12-13H2,1-3H3,(H,21,23). The van der Waals surface area contributed by atoms with Crippen LogP contribution in [0.25, 0.3) is 0 Å². The van der Waals surface area contributed by atoms with Crippen molar-refractivity contribution in [2.24, 2.45) is 0 Å². The average Bonchev–Trinajstić information content (AvgIpc) is 2.66. The van der Waals surface area contributed by atoms with Gasteiger partial charge in [0, 0.05) is 13.6 Å². The minimum atomic E-state index is -3.78. The van der Waals surface area contributed by atoms with E-state index in [1.54, 1.807) is 12.1 Å². The Labute approximate surface area is 155 Å². The van der Waals surface area contributed by atoms with Gasteiger partial charge >= 0.3 is 0 Å². The minimum Gasteiger partial charge on any atom is -0.358 e. The van der Waals surface area contributed by atoms with Crippen molar-refractivity contribution >= 4 is 15.9 Å². The number of hydrogen-bond acceptors (Lipinski definition) is 3. The van der Waals surface area contributed by atoms with Crippen LogP contribution in [0.15, 0.2) is 53.4 Å². The Balaban J connectivity index is 2.01. The fraction of sp³-hybridized carbons (Fsp3) is 0.350. The summed E-state index contributed by atoms with van der Waals surface area (Å²) in [7, 11) is -2.25. The molecular weight excluding hydrogens is 348 g/mol. The Morgan fingerprint density at radius 2 is 1.69 bits per heavy atom. The highest BCUT2D eigenvalue weighted by Crippen LogP contribution is 2.29. The molecule has 1 N–H and O–H groups in total. The molecule has 1 aliphatic rings. The van der Waals surface area contributed by atoms with Gasteiger partial charge in [0.1, 0.15) is 6.04 Å². The Bertz CT molecular complexity index is 905. The lowest BCUT2D eigenvalue weighted by Crippen LogP contribution is -2.51. The molecule has 0 aliphatic carbocycles. The fourth-order valence-electron chi connectivity index (χ4n) is 3.30. The van der Waals surface area contributed by atoms with Crippen molar-refractivity contribution in [1.29, 1.82) is 0 Å². The lowest BCUT2D eigenvalue weighted by Gasteiger charge is -2.34. The molecule has 0 bridgehead atoms. The van der Waals surface area contributed by atoms with Gasteiger partial charge < -0.3 is 5.32 Å². The summed E-state index contributed by atoms with van der Waals surface area (Å²) < 4.78 is 27.8. The largest absolute Gasteiger partial charge is 0.358 e. The van der Waals surface area contributed by atoms with E-state index in [4.69, 9.17) is 0 Å². The first kappa shape index (κ1) is 18.6. The zero-order valence-corrected chi connectivity index (χ0v) is 16.1. The first-order valence-electron chi connectivity index (χ1n) is 8.74. The number of rotatable bonds is 4. The van der Waals surface area contributed by atoms with Crippen LogP contribution in [0.4, 0.5) is 0 Å². The molecule has 2 aromatic rings. The van der Waals surface area contributed by atoms with Gasteiger partial charge in [-0.3, -0.25) is 4.79 Å². The molecule has 1 amide bonds. The Hall–Kier alpha value is -2.18. The molecule has 0 saturated carbocycles. The van der Waals surface area contributed by atoms with Crippen molar-refractivity contribution < 1.29 is 13.2 Å². The van der Waals surface area contributed by atoms with Crippen molar-refractivity contribution in [2.75, 3.05) is 7.05 Å². The number of nitrogens with one attached hydrogen (secondary N) is 1. The van der Waals surface area contributed by atoms with Crippen LogP contribution in [0.1, 0.15) is 36.5 Å². The third-order valence-electron chi connectivity index (χ3n) is 4.91. The maximum Gasteiger partial charge on any atom is 0.244 e. The first-order chi connectivity index (χ1) is 12.3. The van der Waals surface area contributed by atoms with Gasteiger partial charge in [0.2, 0.25) is 15.9 Å². The highest BCUT2D eigenvalue weighted by atomic mass is 32.2. The van der Waals surface area contributed by atoms with Gasteiger partial charge in [-0.05, 0) is 41.2 Å². The smallest absolute Gasteiger partial charge is 0.244 e. The van der Waals surface area contributed by atoms with E-state index >= 15 is 0 Å². The molecule has 6 heteroatoms. The topological polar surface area (TPSA) is 66.5 Å². The number of benzene rings is 2. The molecule has 3 rings (SSSR count). The van der Waals surface area contributed by atoms with E-state index in [1.807, 2.05) is 36.4 Å². The zero-order valence-electron chi connectivity index (χ0n) is 15.3. The molecule has 1 heterocycles. The van der Waals surface area contributed by atoms with E-state index in [1.165, 1.54) is 11.4 Å². The number of fused-ring (bicyclic) bond motifs is 1. The Morgan fingerprint density at radius 3 is 2.27 bits per heavy atom. The third kappa shape index (κ3) is 3.39. The van der Waals surface area contributed by atoms with Crippen LogP contribution < -0.4 is 5.32 Å². The number of hydrogen-bond donors (Lipinski definition) is 1. The lowest BCUT2D eigenvalue weighted by molar-refractivity contribution is -0.124. The van der Waals surface area contributed by atoms with Crippen LogP contribution in [-0.2, 0) is 27.8 Å². The molecule has 0 aromatic heterocycles. The molecule has 26 heavy (non-hydrogen) atoms. The number of amides is 1. The van der Waals surface area contributed by atoms with E-state index in [0.29, 0.717) is 12.3 Å². The summed E-state index contributed by atoms with van der Waals surface area (Å²) in [6, 6.07) is 13.9. The SMILES string of the molecule is CNC(=O)C1Cc2ccccc2CN1S(=O)(=O)c1ccc(C(C)C)cc1. The predicted molar refractivity (Wildman–Crippen MR) is 101 cm³/mol. The molecule has 1 unspecified atom stereocenters. The summed E-state index contributed by atoms with van der Waals surface area (Å²) in [6.07, 6.45) is 0.374. The van der Waals surface area contributed by atoms with E-state index in [0.717, 1.165) is 16.7 Å².